The minimum absolute atomic E-state index is 0.0572. The van der Waals surface area contributed by atoms with E-state index in [1.165, 1.54) is 17.7 Å². The molecule has 2 aliphatic carbocycles. The zero-order chi connectivity index (χ0) is 15.9. The Morgan fingerprint density at radius 1 is 1.30 bits per heavy atom. The summed E-state index contributed by atoms with van der Waals surface area (Å²) in [5, 5.41) is 2.99. The first-order valence-electron chi connectivity index (χ1n) is 8.62. The van der Waals surface area contributed by atoms with Gasteiger partial charge in [0, 0.05) is 18.4 Å². The predicted octanol–water partition coefficient (Wildman–Crippen LogP) is 2.06. The first-order chi connectivity index (χ1) is 11.2. The van der Waals surface area contributed by atoms with E-state index < -0.39 is 5.60 Å². The lowest BCUT2D eigenvalue weighted by Gasteiger charge is -2.27. The van der Waals surface area contributed by atoms with Crippen LogP contribution in [0.1, 0.15) is 55.3 Å². The van der Waals surface area contributed by atoms with Gasteiger partial charge in [0.25, 0.3) is 0 Å². The number of hydrogen-bond acceptors (Lipinski definition) is 4. The summed E-state index contributed by atoms with van der Waals surface area (Å²) in [7, 11) is 0. The van der Waals surface area contributed by atoms with Crippen LogP contribution in [0.2, 0.25) is 0 Å². The van der Waals surface area contributed by atoms with Crippen LogP contribution in [0.4, 0.5) is 0 Å². The molecule has 1 aromatic heterocycles. The van der Waals surface area contributed by atoms with E-state index in [4.69, 9.17) is 4.74 Å². The topological polar surface area (TPSA) is 68.3 Å². The molecule has 3 aliphatic rings. The Morgan fingerprint density at radius 3 is 2.96 bits per heavy atom. The quantitative estimate of drug-likeness (QED) is 0.867. The number of carbonyl (C=O) groups excluding carboxylic acids is 2. The average molecular weight is 314 g/mol. The van der Waals surface area contributed by atoms with Crippen LogP contribution in [0.3, 0.4) is 0 Å². The van der Waals surface area contributed by atoms with E-state index >= 15 is 0 Å². The van der Waals surface area contributed by atoms with Crippen LogP contribution in [0.25, 0.3) is 0 Å². The third-order valence-corrected chi connectivity index (χ3v) is 5.53. The second-order valence-corrected chi connectivity index (χ2v) is 7.02. The van der Waals surface area contributed by atoms with Gasteiger partial charge >= 0.3 is 5.97 Å². The fourth-order valence-electron chi connectivity index (χ4n) is 4.33. The van der Waals surface area contributed by atoms with Gasteiger partial charge in [-0.05, 0) is 56.1 Å². The molecule has 122 valence electrons. The van der Waals surface area contributed by atoms with Crippen LogP contribution in [0.5, 0.6) is 0 Å². The van der Waals surface area contributed by atoms with Crippen LogP contribution in [-0.4, -0.2) is 22.5 Å². The molecule has 0 aromatic carbocycles. The Morgan fingerprint density at radius 2 is 2.13 bits per heavy atom. The Bertz CT molecular complexity index is 650. The Balaban J connectivity index is 1.42. The van der Waals surface area contributed by atoms with Crippen molar-refractivity contribution in [2.45, 2.75) is 63.5 Å². The van der Waals surface area contributed by atoms with Crippen LogP contribution in [-0.2, 0) is 33.7 Å². The number of hydrogen-bond donors (Lipinski definition) is 1. The lowest BCUT2D eigenvalue weighted by Crippen LogP contribution is -2.42. The summed E-state index contributed by atoms with van der Waals surface area (Å²) >= 11 is 0. The van der Waals surface area contributed by atoms with Gasteiger partial charge in [-0.1, -0.05) is 6.07 Å². The van der Waals surface area contributed by atoms with Crippen molar-refractivity contribution in [3.63, 3.8) is 0 Å². The Kier molecular flexibility index (Phi) is 3.58. The first-order valence-corrected chi connectivity index (χ1v) is 8.62. The second-order valence-electron chi connectivity index (χ2n) is 7.02. The van der Waals surface area contributed by atoms with Crippen molar-refractivity contribution in [1.82, 2.24) is 10.3 Å². The van der Waals surface area contributed by atoms with Gasteiger partial charge in [0.2, 0.25) is 5.91 Å². The highest BCUT2D eigenvalue weighted by atomic mass is 16.6. The highest BCUT2D eigenvalue weighted by molar-refractivity contribution is 5.87. The molecule has 0 bridgehead atoms. The largest absolute Gasteiger partial charge is 0.458 e. The number of carbonyl (C=O) groups is 2. The van der Waals surface area contributed by atoms with Gasteiger partial charge in [-0.25, -0.2) is 0 Å². The van der Waals surface area contributed by atoms with Gasteiger partial charge in [-0.3, -0.25) is 14.6 Å². The minimum atomic E-state index is -0.530. The van der Waals surface area contributed by atoms with Crippen molar-refractivity contribution in [3.05, 3.63) is 29.1 Å². The summed E-state index contributed by atoms with van der Waals surface area (Å²) in [4.78, 5) is 28.8. The normalized spacial score (nSPS) is 24.7. The van der Waals surface area contributed by atoms with Gasteiger partial charge in [0.1, 0.15) is 5.60 Å². The smallest absolute Gasteiger partial charge is 0.307 e. The number of esters is 1. The lowest BCUT2D eigenvalue weighted by atomic mass is 9.85. The molecule has 0 unspecified atom stereocenters. The Labute approximate surface area is 135 Å². The number of rotatable bonds is 3. The third-order valence-electron chi connectivity index (χ3n) is 5.53. The minimum Gasteiger partial charge on any atom is -0.458 e. The molecule has 4 rings (SSSR count). The molecule has 2 fully saturated rings. The number of pyridine rings is 1. The van der Waals surface area contributed by atoms with E-state index in [9.17, 15) is 9.59 Å². The van der Waals surface area contributed by atoms with E-state index in [-0.39, 0.29) is 24.2 Å². The van der Waals surface area contributed by atoms with Crippen molar-refractivity contribution in [2.24, 2.45) is 5.92 Å². The third kappa shape index (κ3) is 2.62. The molecule has 1 N–H and O–H groups in total. The van der Waals surface area contributed by atoms with Gasteiger partial charge in [-0.2, -0.15) is 0 Å². The zero-order valence-corrected chi connectivity index (χ0v) is 13.3. The molecular weight excluding hydrogens is 292 g/mol. The molecular formula is C18H22N2O3. The van der Waals surface area contributed by atoms with E-state index in [1.54, 1.807) is 0 Å². The van der Waals surface area contributed by atoms with Crippen LogP contribution in [0.15, 0.2) is 12.3 Å². The van der Waals surface area contributed by atoms with Gasteiger partial charge in [0.15, 0.2) is 0 Å². The summed E-state index contributed by atoms with van der Waals surface area (Å²) in [6, 6.07) is 2.15. The SMILES string of the molecule is O=C1C[C@H](C(=O)NCc2cnc3c(c2)CCC3)C2(CCCC2)O1. The number of amides is 1. The molecule has 5 nitrogen and oxygen atoms in total. The van der Waals surface area contributed by atoms with Crippen LogP contribution in [0, 0.1) is 5.92 Å². The Hall–Kier alpha value is -1.91. The number of nitrogens with one attached hydrogen (secondary N) is 1. The molecule has 1 saturated heterocycles. The number of fused-ring (bicyclic) bond motifs is 1. The summed E-state index contributed by atoms with van der Waals surface area (Å²) in [5.41, 5.74) is 3.00. The first kappa shape index (κ1) is 14.7. The number of nitrogens with zero attached hydrogens (tertiary/aromatic N) is 1. The monoisotopic (exact) mass is 314 g/mol. The maximum absolute atomic E-state index is 12.6. The molecule has 23 heavy (non-hydrogen) atoms. The van der Waals surface area contributed by atoms with Crippen molar-refractivity contribution in [1.29, 1.82) is 0 Å². The summed E-state index contributed by atoms with van der Waals surface area (Å²) in [6.45, 7) is 0.472. The lowest BCUT2D eigenvalue weighted by molar-refractivity contribution is -0.149. The van der Waals surface area contributed by atoms with Crippen molar-refractivity contribution in [2.75, 3.05) is 0 Å². The second kappa shape index (κ2) is 5.62. The van der Waals surface area contributed by atoms with E-state index in [1.807, 2.05) is 6.20 Å². The summed E-state index contributed by atoms with van der Waals surface area (Å²) in [5.74, 6) is -0.621. The summed E-state index contributed by atoms with van der Waals surface area (Å²) < 4.78 is 5.54. The molecule has 0 radical (unpaired) electrons. The van der Waals surface area contributed by atoms with Gasteiger partial charge in [0.05, 0.1) is 12.3 Å². The molecule has 1 aliphatic heterocycles. The van der Waals surface area contributed by atoms with E-state index in [0.717, 1.165) is 44.1 Å². The maximum Gasteiger partial charge on any atom is 0.307 e. The molecule has 1 spiro atoms. The molecule has 1 amide bonds. The number of ether oxygens (including phenoxy) is 1. The highest BCUT2D eigenvalue weighted by Crippen LogP contribution is 2.45. The molecule has 1 aromatic rings. The predicted molar refractivity (Wildman–Crippen MR) is 83.5 cm³/mol. The molecule has 1 saturated carbocycles. The van der Waals surface area contributed by atoms with E-state index in [2.05, 4.69) is 16.4 Å². The fourth-order valence-corrected chi connectivity index (χ4v) is 4.33. The summed E-state index contributed by atoms with van der Waals surface area (Å²) in [6.07, 6.45) is 9.08. The molecule has 1 atom stereocenters. The average Bonchev–Trinajstić information content (AvgIpc) is 3.25. The van der Waals surface area contributed by atoms with Crippen LogP contribution < -0.4 is 5.32 Å². The number of aryl methyl sites for hydroxylation is 2. The van der Waals surface area contributed by atoms with Gasteiger partial charge < -0.3 is 10.1 Å². The van der Waals surface area contributed by atoms with Crippen molar-refractivity contribution in [3.8, 4) is 0 Å². The number of aromatic nitrogens is 1. The standard InChI is InChI=1S/C18H22N2O3/c21-16-9-14(18(23-16)6-1-2-7-18)17(22)20-11-12-8-13-4-3-5-15(13)19-10-12/h8,10,14H,1-7,9,11H2,(H,20,22)/t14-/m1/s1. The van der Waals surface area contributed by atoms with Crippen molar-refractivity contribution < 1.29 is 14.3 Å². The van der Waals surface area contributed by atoms with Crippen molar-refractivity contribution >= 4 is 11.9 Å². The molecule has 2 heterocycles. The zero-order valence-electron chi connectivity index (χ0n) is 13.3. The maximum atomic E-state index is 12.6. The fraction of sp³-hybridized carbons (Fsp3) is 0.611. The molecule has 5 heteroatoms. The van der Waals surface area contributed by atoms with E-state index in [0.29, 0.717) is 6.54 Å². The van der Waals surface area contributed by atoms with Gasteiger partial charge in [-0.15, -0.1) is 0 Å². The van der Waals surface area contributed by atoms with Crippen LogP contribution >= 0.6 is 0 Å². The highest BCUT2D eigenvalue weighted by Gasteiger charge is 2.53.